The van der Waals surface area contributed by atoms with E-state index in [0.717, 1.165) is 24.2 Å². The minimum absolute atomic E-state index is 0.169. The molecule has 1 aromatic heterocycles. The fraction of sp³-hybridized carbons (Fsp3) is 0.235. The van der Waals surface area contributed by atoms with Gasteiger partial charge in [-0.1, -0.05) is 0 Å². The molecular formula is C17H16N2O6S. The maximum absolute atomic E-state index is 12.2. The lowest BCUT2D eigenvalue weighted by atomic mass is 10.1. The van der Waals surface area contributed by atoms with Crippen molar-refractivity contribution in [3.63, 3.8) is 0 Å². The number of esters is 1. The Balaban J connectivity index is 1.68. The molecule has 1 aliphatic heterocycles. The number of ketones is 1. The van der Waals surface area contributed by atoms with E-state index < -0.39 is 28.4 Å². The van der Waals surface area contributed by atoms with Gasteiger partial charge in [0.25, 0.3) is 0 Å². The van der Waals surface area contributed by atoms with Crippen LogP contribution in [0.15, 0.2) is 42.7 Å². The monoisotopic (exact) mass is 376 g/mol. The summed E-state index contributed by atoms with van der Waals surface area (Å²) in [6.07, 6.45) is 3.97. The van der Waals surface area contributed by atoms with Crippen molar-refractivity contribution in [3.8, 4) is 0 Å². The Bertz CT molecular complexity index is 969. The van der Waals surface area contributed by atoms with Gasteiger partial charge in [0, 0.05) is 24.2 Å². The van der Waals surface area contributed by atoms with Crippen LogP contribution in [0.1, 0.15) is 26.3 Å². The van der Waals surface area contributed by atoms with Crippen molar-refractivity contribution in [1.82, 2.24) is 0 Å². The summed E-state index contributed by atoms with van der Waals surface area (Å²) in [5.74, 6) is -1.10. The molecule has 0 aliphatic carbocycles. The lowest BCUT2D eigenvalue weighted by Gasteiger charge is -2.16. The summed E-state index contributed by atoms with van der Waals surface area (Å²) in [6.45, 7) is -0.103. The van der Waals surface area contributed by atoms with E-state index in [1.165, 1.54) is 22.5 Å². The lowest BCUT2D eigenvalue weighted by Crippen LogP contribution is -2.27. The normalized spacial score (nSPS) is 13.3. The molecule has 0 bridgehead atoms. The predicted octanol–water partition coefficient (Wildman–Crippen LogP) is 0.682. The molecule has 26 heavy (non-hydrogen) atoms. The van der Waals surface area contributed by atoms with Crippen LogP contribution in [-0.2, 0) is 21.2 Å². The molecule has 2 heterocycles. The first-order valence-corrected chi connectivity index (χ1v) is 9.60. The zero-order valence-electron chi connectivity index (χ0n) is 13.9. The largest absolute Gasteiger partial charge is 0.619 e. The van der Waals surface area contributed by atoms with Crippen LogP contribution in [0.2, 0.25) is 0 Å². The average molecular weight is 376 g/mol. The van der Waals surface area contributed by atoms with E-state index in [2.05, 4.69) is 0 Å². The highest BCUT2D eigenvalue weighted by Gasteiger charge is 2.26. The molecule has 3 rings (SSSR count). The number of carbonyl (C=O) groups excluding carboxylic acids is 2. The first kappa shape index (κ1) is 17.9. The quantitative estimate of drug-likeness (QED) is 0.329. The van der Waals surface area contributed by atoms with E-state index >= 15 is 0 Å². The zero-order valence-corrected chi connectivity index (χ0v) is 14.7. The van der Waals surface area contributed by atoms with Crippen LogP contribution in [-0.4, -0.2) is 39.6 Å². The van der Waals surface area contributed by atoms with Gasteiger partial charge in [-0.2, -0.15) is 4.73 Å². The van der Waals surface area contributed by atoms with Crippen LogP contribution in [0, 0.1) is 5.21 Å². The molecule has 8 nitrogen and oxygen atoms in total. The lowest BCUT2D eigenvalue weighted by molar-refractivity contribution is -0.605. The van der Waals surface area contributed by atoms with Gasteiger partial charge in [-0.3, -0.25) is 9.10 Å². The van der Waals surface area contributed by atoms with Gasteiger partial charge in [0.15, 0.2) is 24.8 Å². The highest BCUT2D eigenvalue weighted by atomic mass is 32.2. The summed E-state index contributed by atoms with van der Waals surface area (Å²) < 4.78 is 30.3. The molecule has 0 amide bonds. The van der Waals surface area contributed by atoms with Crippen molar-refractivity contribution >= 4 is 27.5 Å². The number of carbonyl (C=O) groups is 2. The highest BCUT2D eigenvalue weighted by molar-refractivity contribution is 7.92. The fourth-order valence-corrected chi connectivity index (χ4v) is 3.69. The van der Waals surface area contributed by atoms with Gasteiger partial charge in [0.05, 0.1) is 17.5 Å². The average Bonchev–Trinajstić information content (AvgIpc) is 3.03. The smallest absolute Gasteiger partial charge is 0.339 e. The standard InChI is InChI=1S/C17H16N2O6S/c1-26(23,24)19-9-6-13-10-14(2-3-15(13)19)16(20)11-25-17(21)12-4-7-18(22)8-5-12/h2-5,7-8,10H,6,9,11H2,1H3. The van der Waals surface area contributed by atoms with E-state index in [1.807, 2.05) is 0 Å². The van der Waals surface area contributed by atoms with Gasteiger partial charge in [-0.15, -0.1) is 0 Å². The van der Waals surface area contributed by atoms with Gasteiger partial charge in [0.1, 0.15) is 0 Å². The van der Waals surface area contributed by atoms with Crippen molar-refractivity contribution in [2.45, 2.75) is 6.42 Å². The first-order valence-electron chi connectivity index (χ1n) is 7.75. The minimum Gasteiger partial charge on any atom is -0.619 e. The number of nitrogens with zero attached hydrogens (tertiary/aromatic N) is 2. The number of pyridine rings is 1. The number of ether oxygens (including phenoxy) is 1. The Hall–Kier alpha value is -2.94. The molecule has 1 aromatic carbocycles. The number of rotatable bonds is 5. The zero-order chi connectivity index (χ0) is 18.9. The van der Waals surface area contributed by atoms with Crippen LogP contribution < -0.4 is 9.04 Å². The third kappa shape index (κ3) is 3.67. The Morgan fingerprint density at radius 3 is 2.54 bits per heavy atom. The molecule has 0 radical (unpaired) electrons. The van der Waals surface area contributed by atoms with E-state index in [-0.39, 0.29) is 5.56 Å². The van der Waals surface area contributed by atoms with Crippen LogP contribution in [0.5, 0.6) is 0 Å². The Kier molecular flexibility index (Phi) is 4.64. The second-order valence-electron chi connectivity index (χ2n) is 5.87. The Labute approximate surface area is 150 Å². The van der Waals surface area contributed by atoms with Gasteiger partial charge in [-0.05, 0) is 30.2 Å². The number of hydrogen-bond donors (Lipinski definition) is 0. The van der Waals surface area contributed by atoms with Crippen molar-refractivity contribution in [2.24, 2.45) is 0 Å². The number of Topliss-reactive ketones (excluding diaryl/α,β-unsaturated/α-hetero) is 1. The number of hydrogen-bond acceptors (Lipinski definition) is 6. The van der Waals surface area contributed by atoms with Crippen LogP contribution >= 0.6 is 0 Å². The van der Waals surface area contributed by atoms with Crippen molar-refractivity contribution in [3.05, 3.63) is 64.6 Å². The van der Waals surface area contributed by atoms with Crippen molar-refractivity contribution < 1.29 is 27.5 Å². The molecule has 9 heteroatoms. The maximum atomic E-state index is 12.2. The molecule has 0 saturated heterocycles. The number of benzene rings is 1. The van der Waals surface area contributed by atoms with Crippen LogP contribution in [0.4, 0.5) is 5.69 Å². The first-order chi connectivity index (χ1) is 12.3. The maximum Gasteiger partial charge on any atom is 0.339 e. The molecule has 0 unspecified atom stereocenters. The summed E-state index contributed by atoms with van der Waals surface area (Å²) >= 11 is 0. The third-order valence-corrected chi connectivity index (χ3v) is 5.21. The molecule has 0 spiro atoms. The predicted molar refractivity (Wildman–Crippen MR) is 92.4 cm³/mol. The molecule has 0 N–H and O–H groups in total. The van der Waals surface area contributed by atoms with Crippen molar-refractivity contribution in [1.29, 1.82) is 0 Å². The van der Waals surface area contributed by atoms with Gasteiger partial charge >= 0.3 is 5.97 Å². The van der Waals surface area contributed by atoms with Gasteiger partial charge in [0.2, 0.25) is 10.0 Å². The molecule has 136 valence electrons. The molecule has 0 saturated carbocycles. The molecular weight excluding hydrogens is 360 g/mol. The fourth-order valence-electron chi connectivity index (χ4n) is 2.74. The molecule has 1 aliphatic rings. The van der Waals surface area contributed by atoms with E-state index in [1.54, 1.807) is 12.1 Å². The Morgan fingerprint density at radius 2 is 1.88 bits per heavy atom. The SMILES string of the molecule is CS(=O)(=O)N1CCc2cc(C(=O)COC(=O)c3cc[n+]([O-])cc3)ccc21. The van der Waals surface area contributed by atoms with Crippen molar-refractivity contribution in [2.75, 3.05) is 23.7 Å². The second kappa shape index (κ2) is 6.75. The Morgan fingerprint density at radius 1 is 1.19 bits per heavy atom. The highest BCUT2D eigenvalue weighted by Crippen LogP contribution is 2.30. The topological polar surface area (TPSA) is 108 Å². The summed E-state index contributed by atoms with van der Waals surface area (Å²) in [4.78, 5) is 24.1. The van der Waals surface area contributed by atoms with E-state index in [9.17, 15) is 23.2 Å². The third-order valence-electron chi connectivity index (χ3n) is 4.03. The van der Waals surface area contributed by atoms with Gasteiger partial charge < -0.3 is 9.94 Å². The molecule has 2 aromatic rings. The number of fused-ring (bicyclic) bond motifs is 1. The number of aromatic nitrogens is 1. The minimum atomic E-state index is -3.35. The second-order valence-corrected chi connectivity index (χ2v) is 7.78. The van der Waals surface area contributed by atoms with E-state index in [4.69, 9.17) is 4.74 Å². The van der Waals surface area contributed by atoms with Crippen LogP contribution in [0.3, 0.4) is 0 Å². The number of anilines is 1. The van der Waals surface area contributed by atoms with E-state index in [0.29, 0.717) is 28.9 Å². The van der Waals surface area contributed by atoms with Crippen LogP contribution in [0.25, 0.3) is 0 Å². The molecule has 0 fully saturated rings. The van der Waals surface area contributed by atoms with Gasteiger partial charge in [-0.25, -0.2) is 13.2 Å². The summed E-state index contributed by atoms with van der Waals surface area (Å²) in [5.41, 5.74) is 1.84. The summed E-state index contributed by atoms with van der Waals surface area (Å²) in [7, 11) is -3.35. The number of sulfonamides is 1. The summed E-state index contributed by atoms with van der Waals surface area (Å²) in [5, 5.41) is 10.9. The summed E-state index contributed by atoms with van der Waals surface area (Å²) in [6, 6.07) is 7.33. The molecule has 0 atom stereocenters.